The van der Waals surface area contributed by atoms with E-state index in [4.69, 9.17) is 9.47 Å². The van der Waals surface area contributed by atoms with Crippen LogP contribution in [-0.2, 0) is 9.47 Å². The van der Waals surface area contributed by atoms with Crippen LogP contribution >= 0.6 is 0 Å². The molecule has 1 N–H and O–H groups in total. The second-order valence-electron chi connectivity index (χ2n) is 4.86. The van der Waals surface area contributed by atoms with Crippen LogP contribution in [-0.4, -0.2) is 44.6 Å². The first kappa shape index (κ1) is 18.0. The normalized spacial score (nSPS) is 12.4. The Morgan fingerprint density at radius 3 is 2.10 bits per heavy atom. The Labute approximate surface area is 128 Å². The number of ether oxygens (including phenoxy) is 2. The van der Waals surface area contributed by atoms with Gasteiger partial charge in [0.15, 0.2) is 0 Å². The second-order valence-corrected chi connectivity index (χ2v) is 4.86. The molecule has 0 amide bonds. The molecule has 0 radical (unpaired) electrons. The van der Waals surface area contributed by atoms with Gasteiger partial charge < -0.3 is 19.5 Å². The molecule has 4 heteroatoms. The first-order chi connectivity index (χ1) is 10.2. The summed E-state index contributed by atoms with van der Waals surface area (Å²) in [6.45, 7) is 10.4. The fourth-order valence-corrected chi connectivity index (χ4v) is 2.27. The number of hydrogen-bond donors (Lipinski definition) is 1. The van der Waals surface area contributed by atoms with E-state index in [1.807, 2.05) is 39.0 Å². The molecule has 0 saturated heterocycles. The van der Waals surface area contributed by atoms with Gasteiger partial charge in [0.2, 0.25) is 0 Å². The van der Waals surface area contributed by atoms with Gasteiger partial charge in [-0.3, -0.25) is 0 Å². The zero-order valence-corrected chi connectivity index (χ0v) is 13.5. The van der Waals surface area contributed by atoms with Gasteiger partial charge in [0.1, 0.15) is 0 Å². The molecule has 0 spiro atoms. The highest BCUT2D eigenvalue weighted by atomic mass is 16.5. The summed E-state index contributed by atoms with van der Waals surface area (Å²) in [6, 6.07) is 8.04. The van der Waals surface area contributed by atoms with Gasteiger partial charge in [0.05, 0.1) is 19.3 Å². The van der Waals surface area contributed by atoms with Crippen molar-refractivity contribution in [2.75, 3.05) is 44.4 Å². The van der Waals surface area contributed by atoms with Gasteiger partial charge in [-0.15, -0.1) is 0 Å². The Kier molecular flexibility index (Phi) is 9.06. The summed E-state index contributed by atoms with van der Waals surface area (Å²) in [5.74, 6) is 0. The van der Waals surface area contributed by atoms with Gasteiger partial charge in [-0.05, 0) is 26.3 Å². The number of aliphatic hydroxyl groups excluding tert-OH is 1. The molecule has 0 fully saturated rings. The Morgan fingerprint density at radius 2 is 1.57 bits per heavy atom. The molecule has 0 aliphatic carbocycles. The fraction of sp³-hybridized carbons (Fsp3) is 0.647. The zero-order valence-electron chi connectivity index (χ0n) is 13.5. The minimum absolute atomic E-state index is 0.428. The molecule has 0 aliphatic rings. The number of nitrogens with zero attached hydrogens (tertiary/aromatic N) is 1. The van der Waals surface area contributed by atoms with Crippen molar-refractivity contribution in [2.24, 2.45) is 0 Å². The smallest absolute Gasteiger partial charge is 0.0807 e. The number of para-hydroxylation sites is 1. The molecule has 21 heavy (non-hydrogen) atoms. The second kappa shape index (κ2) is 10.6. The van der Waals surface area contributed by atoms with E-state index in [2.05, 4.69) is 11.0 Å². The lowest BCUT2D eigenvalue weighted by Gasteiger charge is -2.28. The number of anilines is 1. The van der Waals surface area contributed by atoms with Gasteiger partial charge in [-0.2, -0.15) is 0 Å². The fourth-order valence-electron chi connectivity index (χ4n) is 2.27. The van der Waals surface area contributed by atoms with Crippen LogP contribution in [0.2, 0.25) is 0 Å². The minimum Gasteiger partial charge on any atom is -0.388 e. The summed E-state index contributed by atoms with van der Waals surface area (Å²) in [5, 5.41) is 10.2. The Balaban J connectivity index is 2.84. The van der Waals surface area contributed by atoms with E-state index in [-0.39, 0.29) is 0 Å². The lowest BCUT2D eigenvalue weighted by molar-refractivity contribution is 0.140. The van der Waals surface area contributed by atoms with Crippen LogP contribution in [0.4, 0.5) is 5.69 Å². The minimum atomic E-state index is -0.428. The van der Waals surface area contributed by atoms with Crippen molar-refractivity contribution in [3.63, 3.8) is 0 Å². The lowest BCUT2D eigenvalue weighted by atomic mass is 10.0. The first-order valence-corrected chi connectivity index (χ1v) is 7.91. The molecular weight excluding hydrogens is 266 g/mol. The van der Waals surface area contributed by atoms with E-state index in [9.17, 15) is 5.11 Å². The van der Waals surface area contributed by atoms with Crippen molar-refractivity contribution < 1.29 is 14.6 Å². The van der Waals surface area contributed by atoms with E-state index in [0.717, 1.165) is 37.6 Å². The highest BCUT2D eigenvalue weighted by Crippen LogP contribution is 2.28. The number of benzene rings is 1. The van der Waals surface area contributed by atoms with Crippen LogP contribution in [0.15, 0.2) is 24.3 Å². The maximum Gasteiger partial charge on any atom is 0.0807 e. The molecule has 1 atom stereocenters. The third-order valence-electron chi connectivity index (χ3n) is 3.44. The molecular formula is C17H29NO3. The van der Waals surface area contributed by atoms with Crippen molar-refractivity contribution in [1.29, 1.82) is 0 Å². The predicted octanol–water partition coefficient (Wildman–Crippen LogP) is 3.01. The summed E-state index contributed by atoms with van der Waals surface area (Å²) in [5.41, 5.74) is 2.05. The van der Waals surface area contributed by atoms with Gasteiger partial charge >= 0.3 is 0 Å². The molecule has 0 saturated carbocycles. The molecule has 0 aromatic heterocycles. The summed E-state index contributed by atoms with van der Waals surface area (Å²) in [6.07, 6.45) is 0.282. The Bertz CT molecular complexity index is 374. The predicted molar refractivity (Wildman–Crippen MR) is 86.9 cm³/mol. The lowest BCUT2D eigenvalue weighted by Crippen LogP contribution is -2.32. The number of hydrogen-bond acceptors (Lipinski definition) is 4. The molecule has 0 unspecified atom stereocenters. The van der Waals surface area contributed by atoms with Crippen molar-refractivity contribution in [1.82, 2.24) is 0 Å². The van der Waals surface area contributed by atoms with Crippen molar-refractivity contribution in [3.05, 3.63) is 29.8 Å². The monoisotopic (exact) mass is 295 g/mol. The van der Waals surface area contributed by atoms with E-state index in [0.29, 0.717) is 19.6 Å². The molecule has 1 aromatic rings. The van der Waals surface area contributed by atoms with Crippen LogP contribution in [0.1, 0.15) is 38.9 Å². The van der Waals surface area contributed by atoms with E-state index in [1.165, 1.54) is 0 Å². The molecule has 0 heterocycles. The highest BCUT2D eigenvalue weighted by Gasteiger charge is 2.15. The third kappa shape index (κ3) is 6.04. The summed E-state index contributed by atoms with van der Waals surface area (Å²) in [4.78, 5) is 2.24. The van der Waals surface area contributed by atoms with Crippen LogP contribution in [0.3, 0.4) is 0 Å². The first-order valence-electron chi connectivity index (χ1n) is 7.91. The van der Waals surface area contributed by atoms with Gasteiger partial charge in [0.25, 0.3) is 0 Å². The van der Waals surface area contributed by atoms with E-state index < -0.39 is 6.10 Å². The van der Waals surface area contributed by atoms with Gasteiger partial charge in [-0.1, -0.05) is 25.1 Å². The standard InChI is InChI=1S/C17H29NO3/c1-4-17(19)15-9-7-8-10-16(15)18(11-13-20-5-2)12-14-21-6-3/h7-10,17,19H,4-6,11-14H2,1-3H3/t17-/m1/s1. The molecule has 4 nitrogen and oxygen atoms in total. The van der Waals surface area contributed by atoms with Gasteiger partial charge in [0, 0.05) is 37.6 Å². The SMILES string of the molecule is CCOCCN(CCOCC)c1ccccc1[C@H](O)CC. The third-order valence-corrected chi connectivity index (χ3v) is 3.44. The van der Waals surface area contributed by atoms with E-state index >= 15 is 0 Å². The zero-order chi connectivity index (χ0) is 15.5. The highest BCUT2D eigenvalue weighted by molar-refractivity contribution is 5.54. The quantitative estimate of drug-likeness (QED) is 0.637. The number of rotatable bonds is 11. The average Bonchev–Trinajstić information content (AvgIpc) is 2.53. The molecule has 0 aliphatic heterocycles. The molecule has 1 aromatic carbocycles. The molecule has 0 bridgehead atoms. The summed E-state index contributed by atoms with van der Waals surface area (Å²) >= 11 is 0. The largest absolute Gasteiger partial charge is 0.388 e. The van der Waals surface area contributed by atoms with Crippen LogP contribution in [0.5, 0.6) is 0 Å². The molecule has 1 rings (SSSR count). The van der Waals surface area contributed by atoms with Crippen LogP contribution in [0.25, 0.3) is 0 Å². The average molecular weight is 295 g/mol. The van der Waals surface area contributed by atoms with Gasteiger partial charge in [-0.25, -0.2) is 0 Å². The maximum absolute atomic E-state index is 10.2. The van der Waals surface area contributed by atoms with Crippen LogP contribution in [0, 0.1) is 0 Å². The Hall–Kier alpha value is -1.10. The topological polar surface area (TPSA) is 41.9 Å². The number of aliphatic hydroxyl groups is 1. The Morgan fingerprint density at radius 1 is 1.00 bits per heavy atom. The van der Waals surface area contributed by atoms with E-state index in [1.54, 1.807) is 0 Å². The van der Waals surface area contributed by atoms with Crippen molar-refractivity contribution in [3.8, 4) is 0 Å². The summed E-state index contributed by atoms with van der Waals surface area (Å²) in [7, 11) is 0. The van der Waals surface area contributed by atoms with Crippen LogP contribution < -0.4 is 4.90 Å². The van der Waals surface area contributed by atoms with Crippen molar-refractivity contribution in [2.45, 2.75) is 33.3 Å². The summed E-state index contributed by atoms with van der Waals surface area (Å²) < 4.78 is 10.9. The molecule has 120 valence electrons. The maximum atomic E-state index is 10.2. The van der Waals surface area contributed by atoms with Crippen molar-refractivity contribution >= 4 is 5.69 Å².